The zero-order valence-electron chi connectivity index (χ0n) is 24.8. The molecule has 1 saturated heterocycles. The number of unbranched alkanes of at least 4 members (excludes halogenated alkanes) is 2. The number of ether oxygens (including phenoxy) is 5. The Bertz CT molecular complexity index is 1370. The first kappa shape index (κ1) is 32.4. The highest BCUT2D eigenvalue weighted by molar-refractivity contribution is 5.91. The van der Waals surface area contributed by atoms with Gasteiger partial charge in [-0.15, -0.1) is 0 Å². The first-order chi connectivity index (χ1) is 21.4. The van der Waals surface area contributed by atoms with Gasteiger partial charge < -0.3 is 29.0 Å². The lowest BCUT2D eigenvalue weighted by Gasteiger charge is -2.45. The third-order valence-corrected chi connectivity index (χ3v) is 6.94. The molecule has 5 atom stereocenters. The molecule has 3 aromatic rings. The molecular weight excluding hydrogens is 566 g/mol. The third kappa shape index (κ3) is 8.98. The number of carbonyl (C=O) groups excluding carboxylic acids is 4. The molecule has 0 aliphatic carbocycles. The Labute approximate surface area is 256 Å². The Hall–Kier alpha value is -4.54. The highest BCUT2D eigenvalue weighted by Gasteiger charge is 2.52. The fraction of sp³-hybridized carbons (Fsp3) is 0.353. The van der Waals surface area contributed by atoms with E-state index in [0.717, 1.165) is 19.3 Å². The smallest absolute Gasteiger partial charge is 0.338 e. The van der Waals surface area contributed by atoms with Crippen molar-refractivity contribution in [2.45, 2.75) is 63.8 Å². The van der Waals surface area contributed by atoms with E-state index >= 15 is 0 Å². The lowest BCUT2D eigenvalue weighted by molar-refractivity contribution is -0.269. The van der Waals surface area contributed by atoms with Crippen molar-refractivity contribution in [3.8, 4) is 0 Å². The Kier molecular flexibility index (Phi) is 12.0. The van der Waals surface area contributed by atoms with E-state index in [1.165, 1.54) is 6.92 Å². The molecule has 0 spiro atoms. The second-order valence-corrected chi connectivity index (χ2v) is 10.3. The van der Waals surface area contributed by atoms with Crippen LogP contribution >= 0.6 is 0 Å². The lowest BCUT2D eigenvalue weighted by Crippen LogP contribution is -2.66. The molecule has 0 aromatic heterocycles. The number of hydrogen-bond donors (Lipinski definition) is 1. The minimum absolute atomic E-state index is 0.245. The van der Waals surface area contributed by atoms with E-state index in [-0.39, 0.29) is 17.7 Å². The molecule has 10 nitrogen and oxygen atoms in total. The van der Waals surface area contributed by atoms with E-state index in [0.29, 0.717) is 12.2 Å². The maximum Gasteiger partial charge on any atom is 0.338 e. The molecule has 1 aliphatic heterocycles. The van der Waals surface area contributed by atoms with Gasteiger partial charge in [0.2, 0.25) is 5.91 Å². The lowest BCUT2D eigenvalue weighted by atomic mass is 9.95. The minimum atomic E-state index is -1.30. The van der Waals surface area contributed by atoms with Gasteiger partial charge in [-0.1, -0.05) is 74.4 Å². The summed E-state index contributed by atoms with van der Waals surface area (Å²) in [6, 6.07) is 23.9. The van der Waals surface area contributed by atoms with Gasteiger partial charge in [0.1, 0.15) is 18.8 Å². The van der Waals surface area contributed by atoms with Gasteiger partial charge in [0, 0.05) is 13.5 Å². The van der Waals surface area contributed by atoms with Gasteiger partial charge in [0.25, 0.3) is 0 Å². The standard InChI is InChI=1S/C34H37NO9/c1-3-4-14-21-40-34-28(35-23(2)36)30(44-33(39)26-19-12-7-13-20-26)29(43-32(38)25-17-10-6-11-18-25)27(42-34)22-41-31(37)24-15-8-5-9-16-24/h5-13,15-20,27-30,34H,3-4,14,21-22H2,1-2H3,(H,35,36)/t27?,28?,29-,30?,34+/m0/s1. The van der Waals surface area contributed by atoms with Gasteiger partial charge >= 0.3 is 17.9 Å². The molecule has 1 N–H and O–H groups in total. The zero-order chi connectivity index (χ0) is 31.3. The fourth-order valence-corrected chi connectivity index (χ4v) is 4.75. The molecule has 44 heavy (non-hydrogen) atoms. The predicted molar refractivity (Wildman–Crippen MR) is 160 cm³/mol. The molecule has 0 saturated carbocycles. The second kappa shape index (κ2) is 16.3. The van der Waals surface area contributed by atoms with Crippen LogP contribution in [0.4, 0.5) is 0 Å². The molecule has 0 radical (unpaired) electrons. The van der Waals surface area contributed by atoms with E-state index in [9.17, 15) is 19.2 Å². The molecule has 232 valence electrons. The predicted octanol–water partition coefficient (Wildman–Crippen LogP) is 4.73. The van der Waals surface area contributed by atoms with Crippen LogP contribution in [0.2, 0.25) is 0 Å². The second-order valence-electron chi connectivity index (χ2n) is 10.3. The summed E-state index contributed by atoms with van der Waals surface area (Å²) in [5.41, 5.74) is 0.813. The van der Waals surface area contributed by atoms with Gasteiger partial charge in [-0.2, -0.15) is 0 Å². The number of hydrogen-bond acceptors (Lipinski definition) is 9. The maximum absolute atomic E-state index is 13.4. The Balaban J connectivity index is 1.69. The summed E-state index contributed by atoms with van der Waals surface area (Å²) >= 11 is 0. The van der Waals surface area contributed by atoms with Crippen molar-refractivity contribution >= 4 is 23.8 Å². The van der Waals surface area contributed by atoms with E-state index in [4.69, 9.17) is 23.7 Å². The van der Waals surface area contributed by atoms with Gasteiger partial charge in [-0.25, -0.2) is 14.4 Å². The fourth-order valence-electron chi connectivity index (χ4n) is 4.75. The first-order valence-corrected chi connectivity index (χ1v) is 14.7. The van der Waals surface area contributed by atoms with E-state index < -0.39 is 54.5 Å². The Morgan fingerprint density at radius 3 is 1.70 bits per heavy atom. The monoisotopic (exact) mass is 603 g/mol. The summed E-state index contributed by atoms with van der Waals surface area (Å²) in [5.74, 6) is -2.49. The molecule has 3 aromatic carbocycles. The SMILES string of the molecule is CCCCCO[C@@H]1OC(COC(=O)c2ccccc2)[C@H](OC(=O)c2ccccc2)C(OC(=O)c2ccccc2)C1NC(C)=O. The third-order valence-electron chi connectivity index (χ3n) is 6.94. The van der Waals surface area contributed by atoms with Crippen molar-refractivity contribution in [2.75, 3.05) is 13.2 Å². The van der Waals surface area contributed by atoms with Crippen LogP contribution < -0.4 is 5.32 Å². The van der Waals surface area contributed by atoms with Crippen molar-refractivity contribution in [1.29, 1.82) is 0 Å². The van der Waals surface area contributed by atoms with Gasteiger partial charge in [-0.05, 0) is 42.8 Å². The number of nitrogens with one attached hydrogen (secondary N) is 1. The normalized spacial score (nSPS) is 21.1. The van der Waals surface area contributed by atoms with Crippen LogP contribution in [0.1, 0.15) is 64.2 Å². The first-order valence-electron chi connectivity index (χ1n) is 14.7. The van der Waals surface area contributed by atoms with E-state index in [2.05, 4.69) is 12.2 Å². The minimum Gasteiger partial charge on any atom is -0.459 e. The maximum atomic E-state index is 13.4. The molecule has 10 heteroatoms. The highest BCUT2D eigenvalue weighted by atomic mass is 16.7. The number of esters is 3. The average molecular weight is 604 g/mol. The van der Waals surface area contributed by atoms with Crippen molar-refractivity contribution in [3.63, 3.8) is 0 Å². The van der Waals surface area contributed by atoms with Gasteiger partial charge in [0.05, 0.1) is 16.7 Å². The van der Waals surface area contributed by atoms with Crippen molar-refractivity contribution in [2.24, 2.45) is 0 Å². The zero-order valence-corrected chi connectivity index (χ0v) is 24.8. The average Bonchev–Trinajstić information content (AvgIpc) is 3.05. The molecule has 3 unspecified atom stereocenters. The van der Waals surface area contributed by atoms with Crippen molar-refractivity contribution < 1.29 is 42.9 Å². The number of benzene rings is 3. The van der Waals surface area contributed by atoms with Crippen LogP contribution in [-0.4, -0.2) is 67.7 Å². The number of rotatable bonds is 13. The van der Waals surface area contributed by atoms with Crippen LogP contribution in [0, 0.1) is 0 Å². The van der Waals surface area contributed by atoms with E-state index in [1.807, 2.05) is 0 Å². The van der Waals surface area contributed by atoms with Crippen LogP contribution in [0.3, 0.4) is 0 Å². The van der Waals surface area contributed by atoms with Crippen LogP contribution in [0.15, 0.2) is 91.0 Å². The van der Waals surface area contributed by atoms with Crippen molar-refractivity contribution in [1.82, 2.24) is 5.32 Å². The molecule has 0 bridgehead atoms. The van der Waals surface area contributed by atoms with Crippen LogP contribution in [0.25, 0.3) is 0 Å². The number of carbonyl (C=O) groups is 4. The Morgan fingerprint density at radius 2 is 1.20 bits per heavy atom. The molecule has 1 fully saturated rings. The molecule has 1 heterocycles. The summed E-state index contributed by atoms with van der Waals surface area (Å²) in [6.07, 6.45) is -2.23. The highest BCUT2D eigenvalue weighted by Crippen LogP contribution is 2.29. The summed E-state index contributed by atoms with van der Waals surface area (Å²) in [4.78, 5) is 52.0. The summed E-state index contributed by atoms with van der Waals surface area (Å²) in [6.45, 7) is 3.29. The summed E-state index contributed by atoms with van der Waals surface area (Å²) < 4.78 is 29.8. The van der Waals surface area contributed by atoms with Crippen molar-refractivity contribution in [3.05, 3.63) is 108 Å². The largest absolute Gasteiger partial charge is 0.459 e. The van der Waals surface area contributed by atoms with E-state index in [1.54, 1.807) is 91.0 Å². The van der Waals surface area contributed by atoms with Crippen LogP contribution in [-0.2, 0) is 28.5 Å². The molecule has 1 aliphatic rings. The topological polar surface area (TPSA) is 126 Å². The quantitative estimate of drug-likeness (QED) is 0.168. The molecule has 1 amide bonds. The summed E-state index contributed by atoms with van der Waals surface area (Å²) in [5, 5.41) is 2.77. The van der Waals surface area contributed by atoms with Gasteiger partial charge in [-0.3, -0.25) is 4.79 Å². The van der Waals surface area contributed by atoms with Gasteiger partial charge in [0.15, 0.2) is 18.5 Å². The summed E-state index contributed by atoms with van der Waals surface area (Å²) in [7, 11) is 0. The van der Waals surface area contributed by atoms with Crippen LogP contribution in [0.5, 0.6) is 0 Å². The number of amides is 1. The Morgan fingerprint density at radius 1 is 0.705 bits per heavy atom. The molecule has 4 rings (SSSR count). The molecular formula is C34H37NO9.